The van der Waals surface area contributed by atoms with Crippen molar-refractivity contribution in [1.82, 2.24) is 0 Å². The Morgan fingerprint density at radius 3 is 2.92 bits per heavy atom. The molecule has 0 aliphatic heterocycles. The molecule has 0 amide bonds. The minimum absolute atomic E-state index is 0.108. The van der Waals surface area contributed by atoms with Crippen LogP contribution >= 0.6 is 11.6 Å². The van der Waals surface area contributed by atoms with Gasteiger partial charge in [-0.05, 0) is 24.6 Å². The lowest BCUT2D eigenvalue weighted by atomic mass is 10.2. The molecule has 13 heavy (non-hydrogen) atoms. The molecule has 1 aromatic rings. The number of halogens is 1. The van der Waals surface area contributed by atoms with E-state index in [0.717, 1.165) is 12.0 Å². The Balaban J connectivity index is 2.83. The van der Waals surface area contributed by atoms with Gasteiger partial charge in [-0.3, -0.25) is 0 Å². The topological polar surface area (TPSA) is 46.2 Å². The summed E-state index contributed by atoms with van der Waals surface area (Å²) >= 11 is 5.84. The number of rotatable bonds is 3. The minimum Gasteiger partial charge on any atom is -0.506 e. The van der Waals surface area contributed by atoms with Crippen molar-refractivity contribution >= 4 is 17.7 Å². The van der Waals surface area contributed by atoms with Gasteiger partial charge in [0.15, 0.2) is 0 Å². The van der Waals surface area contributed by atoms with Crippen LogP contribution in [0.15, 0.2) is 24.3 Å². The number of benzene rings is 1. The van der Waals surface area contributed by atoms with Gasteiger partial charge in [-0.2, -0.15) is 0 Å². The van der Waals surface area contributed by atoms with Gasteiger partial charge < -0.3 is 10.8 Å². The van der Waals surface area contributed by atoms with Gasteiger partial charge in [0.05, 0.1) is 5.02 Å². The van der Waals surface area contributed by atoms with Gasteiger partial charge in [0, 0.05) is 0 Å². The maximum Gasteiger partial charge on any atom is 0.134 e. The van der Waals surface area contributed by atoms with Gasteiger partial charge in [0.25, 0.3) is 0 Å². The van der Waals surface area contributed by atoms with Gasteiger partial charge in [-0.25, -0.2) is 0 Å². The first kappa shape index (κ1) is 10.1. The van der Waals surface area contributed by atoms with Gasteiger partial charge in [0.1, 0.15) is 5.75 Å². The summed E-state index contributed by atoms with van der Waals surface area (Å²) in [6.07, 6.45) is 4.60. The smallest absolute Gasteiger partial charge is 0.134 e. The third-order valence-corrected chi connectivity index (χ3v) is 2.05. The van der Waals surface area contributed by atoms with E-state index in [2.05, 4.69) is 0 Å². The Morgan fingerprint density at radius 2 is 2.23 bits per heavy atom. The van der Waals surface area contributed by atoms with Crippen LogP contribution in [0.25, 0.3) is 6.08 Å². The molecule has 0 aromatic heterocycles. The average Bonchev–Trinajstić information content (AvgIpc) is 2.13. The Kier molecular flexibility index (Phi) is 3.80. The van der Waals surface area contributed by atoms with Crippen LogP contribution in [0.3, 0.4) is 0 Å². The summed E-state index contributed by atoms with van der Waals surface area (Å²) < 4.78 is 0. The van der Waals surface area contributed by atoms with Crippen molar-refractivity contribution in [1.29, 1.82) is 0 Å². The van der Waals surface area contributed by atoms with Crippen molar-refractivity contribution in [3.05, 3.63) is 34.9 Å². The zero-order chi connectivity index (χ0) is 9.68. The van der Waals surface area contributed by atoms with Crippen LogP contribution in [0.5, 0.6) is 5.75 Å². The highest BCUT2D eigenvalue weighted by Crippen LogP contribution is 2.27. The molecule has 0 saturated heterocycles. The molecular formula is C10H12ClNO. The standard InChI is InChI=1S/C10H12ClNO/c11-10-8(4-1-2-7-12)5-3-6-9(10)13/h1,3-6,13H,2,7,12H2. The fourth-order valence-corrected chi connectivity index (χ4v) is 1.16. The van der Waals surface area contributed by atoms with Crippen LogP contribution in [0.2, 0.25) is 5.02 Å². The maximum atomic E-state index is 9.27. The van der Waals surface area contributed by atoms with E-state index in [-0.39, 0.29) is 5.75 Å². The SMILES string of the molecule is NCCC=Cc1cccc(O)c1Cl. The number of phenols is 1. The molecule has 0 unspecified atom stereocenters. The first-order valence-electron chi connectivity index (χ1n) is 4.10. The molecule has 1 rings (SSSR count). The number of hydrogen-bond acceptors (Lipinski definition) is 2. The molecule has 0 atom stereocenters. The van der Waals surface area contributed by atoms with Gasteiger partial charge in [0.2, 0.25) is 0 Å². The highest BCUT2D eigenvalue weighted by Gasteiger charge is 2.00. The summed E-state index contributed by atoms with van der Waals surface area (Å²) in [5.74, 6) is 0.108. The fraction of sp³-hybridized carbons (Fsp3) is 0.200. The molecule has 3 N–H and O–H groups in total. The van der Waals surface area contributed by atoms with Crippen molar-refractivity contribution in [3.8, 4) is 5.75 Å². The molecule has 2 nitrogen and oxygen atoms in total. The normalized spacial score (nSPS) is 10.9. The van der Waals surface area contributed by atoms with Crippen LogP contribution < -0.4 is 5.73 Å². The molecule has 0 bridgehead atoms. The Bertz CT molecular complexity index is 310. The molecule has 0 saturated carbocycles. The van der Waals surface area contributed by atoms with Gasteiger partial charge >= 0.3 is 0 Å². The van der Waals surface area contributed by atoms with E-state index < -0.39 is 0 Å². The number of aromatic hydroxyl groups is 1. The van der Waals surface area contributed by atoms with Crippen LogP contribution in [-0.4, -0.2) is 11.7 Å². The predicted molar refractivity (Wildman–Crippen MR) is 55.8 cm³/mol. The number of hydrogen-bond donors (Lipinski definition) is 2. The van der Waals surface area contributed by atoms with Crippen LogP contribution in [0.4, 0.5) is 0 Å². The molecule has 70 valence electrons. The van der Waals surface area contributed by atoms with E-state index in [9.17, 15) is 5.11 Å². The van der Waals surface area contributed by atoms with E-state index in [1.54, 1.807) is 12.1 Å². The molecule has 3 heteroatoms. The fourth-order valence-electron chi connectivity index (χ4n) is 0.972. The van der Waals surface area contributed by atoms with Crippen molar-refractivity contribution in [3.63, 3.8) is 0 Å². The number of phenolic OH excluding ortho intramolecular Hbond substituents is 1. The molecule has 0 aliphatic rings. The van der Waals surface area contributed by atoms with E-state index in [4.69, 9.17) is 17.3 Å². The van der Waals surface area contributed by atoms with E-state index in [0.29, 0.717) is 11.6 Å². The summed E-state index contributed by atoms with van der Waals surface area (Å²) in [7, 11) is 0. The molecule has 0 aliphatic carbocycles. The van der Waals surface area contributed by atoms with Gasteiger partial charge in [-0.15, -0.1) is 0 Å². The molecule has 1 aromatic carbocycles. The van der Waals surface area contributed by atoms with Gasteiger partial charge in [-0.1, -0.05) is 35.9 Å². The molecule has 0 radical (unpaired) electrons. The second-order valence-electron chi connectivity index (χ2n) is 2.66. The maximum absolute atomic E-state index is 9.27. The quantitative estimate of drug-likeness (QED) is 0.782. The summed E-state index contributed by atoms with van der Waals surface area (Å²) in [4.78, 5) is 0. The lowest BCUT2D eigenvalue weighted by molar-refractivity contribution is 0.475. The monoisotopic (exact) mass is 197 g/mol. The van der Waals surface area contributed by atoms with Crippen molar-refractivity contribution < 1.29 is 5.11 Å². The average molecular weight is 198 g/mol. The van der Waals surface area contributed by atoms with E-state index in [1.165, 1.54) is 0 Å². The first-order chi connectivity index (χ1) is 6.25. The van der Waals surface area contributed by atoms with Crippen LogP contribution in [0, 0.1) is 0 Å². The summed E-state index contributed by atoms with van der Waals surface area (Å²) in [6.45, 7) is 0.618. The minimum atomic E-state index is 0.108. The predicted octanol–water partition coefficient (Wildman–Crippen LogP) is 2.41. The van der Waals surface area contributed by atoms with Crippen molar-refractivity contribution in [2.24, 2.45) is 5.73 Å². The Morgan fingerprint density at radius 1 is 1.46 bits per heavy atom. The third-order valence-electron chi connectivity index (χ3n) is 1.64. The summed E-state index contributed by atoms with van der Waals surface area (Å²) in [6, 6.07) is 5.15. The zero-order valence-electron chi connectivity index (χ0n) is 7.20. The Hall–Kier alpha value is -0.990. The molecule has 0 spiro atoms. The highest BCUT2D eigenvalue weighted by molar-refractivity contribution is 6.33. The second kappa shape index (κ2) is 4.90. The lowest BCUT2D eigenvalue weighted by Gasteiger charge is -1.99. The summed E-state index contributed by atoms with van der Waals surface area (Å²) in [5.41, 5.74) is 6.14. The Labute approximate surface area is 82.6 Å². The van der Waals surface area contributed by atoms with E-state index in [1.807, 2.05) is 18.2 Å². The van der Waals surface area contributed by atoms with E-state index >= 15 is 0 Å². The first-order valence-corrected chi connectivity index (χ1v) is 4.47. The second-order valence-corrected chi connectivity index (χ2v) is 3.04. The molecule has 0 heterocycles. The highest BCUT2D eigenvalue weighted by atomic mass is 35.5. The third kappa shape index (κ3) is 2.76. The van der Waals surface area contributed by atoms with Crippen molar-refractivity contribution in [2.45, 2.75) is 6.42 Å². The van der Waals surface area contributed by atoms with Crippen molar-refractivity contribution in [2.75, 3.05) is 6.54 Å². The molecular weight excluding hydrogens is 186 g/mol. The van der Waals surface area contributed by atoms with Crippen LogP contribution in [0.1, 0.15) is 12.0 Å². The zero-order valence-corrected chi connectivity index (χ0v) is 7.96. The largest absolute Gasteiger partial charge is 0.506 e. The van der Waals surface area contributed by atoms with Crippen LogP contribution in [-0.2, 0) is 0 Å². The lowest BCUT2D eigenvalue weighted by Crippen LogP contribution is -1.94. The number of nitrogens with two attached hydrogens (primary N) is 1. The molecule has 0 fully saturated rings. The summed E-state index contributed by atoms with van der Waals surface area (Å²) in [5, 5.41) is 9.65.